The fourth-order valence-electron chi connectivity index (χ4n) is 4.25. The predicted molar refractivity (Wildman–Crippen MR) is 119 cm³/mol. The molecule has 0 aromatic carbocycles. The Labute approximate surface area is 180 Å². The van der Waals surface area contributed by atoms with Crippen LogP contribution in [-0.4, -0.2) is 59.0 Å². The van der Waals surface area contributed by atoms with E-state index in [1.807, 2.05) is 43.3 Å². The van der Waals surface area contributed by atoms with Gasteiger partial charge in [-0.1, -0.05) is 6.07 Å². The van der Waals surface area contributed by atoms with Crippen LogP contribution in [0.15, 0.2) is 30.6 Å². The van der Waals surface area contributed by atoms with Gasteiger partial charge in [-0.25, -0.2) is 0 Å². The summed E-state index contributed by atoms with van der Waals surface area (Å²) >= 11 is 0. The lowest BCUT2D eigenvalue weighted by Crippen LogP contribution is -2.45. The summed E-state index contributed by atoms with van der Waals surface area (Å²) in [4.78, 5) is 26.0. The molecular formula is C24H34N4O2. The lowest BCUT2D eigenvalue weighted by Gasteiger charge is -2.37. The zero-order valence-corrected chi connectivity index (χ0v) is 18.7. The van der Waals surface area contributed by atoms with Gasteiger partial charge in [0.05, 0.1) is 12.8 Å². The van der Waals surface area contributed by atoms with Crippen LogP contribution in [0.5, 0.6) is 5.75 Å². The van der Waals surface area contributed by atoms with Crippen LogP contribution in [0.1, 0.15) is 48.2 Å². The highest BCUT2D eigenvalue weighted by Crippen LogP contribution is 2.26. The molecule has 30 heavy (non-hydrogen) atoms. The van der Waals surface area contributed by atoms with Crippen molar-refractivity contribution in [1.29, 1.82) is 0 Å². The van der Waals surface area contributed by atoms with Crippen molar-refractivity contribution in [3.8, 4) is 5.75 Å². The molecule has 0 aliphatic carbocycles. The molecule has 6 nitrogen and oxygen atoms in total. The number of piperidine rings is 1. The van der Waals surface area contributed by atoms with Crippen LogP contribution in [0.3, 0.4) is 0 Å². The number of methoxy groups -OCH3 is 1. The van der Waals surface area contributed by atoms with Crippen molar-refractivity contribution in [2.75, 3.05) is 27.2 Å². The SMILES string of the molecule is COc1c(C)cnc(CN2CCC(N(C)C(=O)CCCc3ccccn3)CC2)c1C. The highest BCUT2D eigenvalue weighted by Gasteiger charge is 2.26. The second-order valence-corrected chi connectivity index (χ2v) is 8.23. The minimum atomic E-state index is 0.241. The number of aryl methyl sites for hydroxylation is 2. The molecule has 0 atom stereocenters. The van der Waals surface area contributed by atoms with Gasteiger partial charge in [-0.3, -0.25) is 19.7 Å². The Kier molecular flexibility index (Phi) is 7.80. The first-order valence-corrected chi connectivity index (χ1v) is 10.9. The van der Waals surface area contributed by atoms with Crippen LogP contribution in [0.25, 0.3) is 0 Å². The standard InChI is InChI=1S/C24H34N4O2/c1-18-16-26-22(19(2)24(18)30-4)17-28-14-11-21(12-15-28)27(3)23(29)10-7-9-20-8-5-6-13-25-20/h5-6,8,13,16,21H,7,9-12,14-15,17H2,1-4H3. The third-order valence-electron chi connectivity index (χ3n) is 6.17. The molecule has 2 aromatic heterocycles. The molecule has 1 fully saturated rings. The van der Waals surface area contributed by atoms with E-state index >= 15 is 0 Å². The van der Waals surface area contributed by atoms with Gasteiger partial charge in [0, 0.05) is 68.4 Å². The van der Waals surface area contributed by atoms with Crippen molar-refractivity contribution in [3.05, 3.63) is 53.1 Å². The summed E-state index contributed by atoms with van der Waals surface area (Å²) in [7, 11) is 3.67. The number of hydrogen-bond acceptors (Lipinski definition) is 5. The molecule has 2 aromatic rings. The van der Waals surface area contributed by atoms with Gasteiger partial charge in [0.1, 0.15) is 5.75 Å². The number of amides is 1. The molecule has 3 heterocycles. The largest absolute Gasteiger partial charge is 0.496 e. The molecule has 1 aliphatic heterocycles. The molecule has 0 N–H and O–H groups in total. The topological polar surface area (TPSA) is 58.6 Å². The minimum Gasteiger partial charge on any atom is -0.496 e. The van der Waals surface area contributed by atoms with Crippen molar-refractivity contribution in [2.45, 2.75) is 58.5 Å². The summed E-state index contributed by atoms with van der Waals surface area (Å²) in [5.41, 5.74) is 4.33. The highest BCUT2D eigenvalue weighted by molar-refractivity contribution is 5.76. The fourth-order valence-corrected chi connectivity index (χ4v) is 4.25. The Morgan fingerprint density at radius 3 is 2.67 bits per heavy atom. The van der Waals surface area contributed by atoms with E-state index in [0.717, 1.165) is 73.6 Å². The fraction of sp³-hybridized carbons (Fsp3) is 0.542. The Morgan fingerprint density at radius 2 is 2.00 bits per heavy atom. The number of hydrogen-bond donors (Lipinski definition) is 0. The quantitative estimate of drug-likeness (QED) is 0.666. The Hall–Kier alpha value is -2.47. The van der Waals surface area contributed by atoms with Gasteiger partial charge in [-0.05, 0) is 51.7 Å². The van der Waals surface area contributed by atoms with E-state index in [2.05, 4.69) is 21.8 Å². The number of ether oxygens (including phenoxy) is 1. The van der Waals surface area contributed by atoms with Gasteiger partial charge < -0.3 is 9.64 Å². The average Bonchev–Trinajstić information content (AvgIpc) is 2.77. The summed E-state index contributed by atoms with van der Waals surface area (Å²) in [5, 5.41) is 0. The summed E-state index contributed by atoms with van der Waals surface area (Å²) < 4.78 is 5.53. The van der Waals surface area contributed by atoms with Gasteiger partial charge in [0.15, 0.2) is 0 Å². The van der Waals surface area contributed by atoms with E-state index in [4.69, 9.17) is 4.74 Å². The Bertz CT molecular complexity index is 833. The maximum Gasteiger partial charge on any atom is 0.222 e. The molecule has 162 valence electrons. The van der Waals surface area contributed by atoms with Gasteiger partial charge in [-0.2, -0.15) is 0 Å². The molecule has 1 amide bonds. The van der Waals surface area contributed by atoms with E-state index in [-0.39, 0.29) is 5.91 Å². The Morgan fingerprint density at radius 1 is 1.23 bits per heavy atom. The number of carbonyl (C=O) groups is 1. The number of likely N-dealkylation sites (tertiary alicyclic amines) is 1. The van der Waals surface area contributed by atoms with E-state index in [9.17, 15) is 4.79 Å². The molecule has 0 saturated carbocycles. The molecule has 0 bridgehead atoms. The summed E-state index contributed by atoms with van der Waals surface area (Å²) in [6, 6.07) is 6.25. The van der Waals surface area contributed by atoms with E-state index in [0.29, 0.717) is 12.5 Å². The zero-order chi connectivity index (χ0) is 21.5. The summed E-state index contributed by atoms with van der Waals surface area (Å²) in [6.45, 7) is 6.90. The number of nitrogens with zero attached hydrogens (tertiary/aromatic N) is 4. The first kappa shape index (κ1) is 22.2. The van der Waals surface area contributed by atoms with Crippen molar-refractivity contribution in [2.24, 2.45) is 0 Å². The van der Waals surface area contributed by atoms with E-state index in [1.54, 1.807) is 13.3 Å². The lowest BCUT2D eigenvalue weighted by atomic mass is 10.0. The predicted octanol–water partition coefficient (Wildman–Crippen LogP) is 3.55. The number of pyridine rings is 2. The number of carbonyl (C=O) groups excluding carboxylic acids is 1. The first-order chi connectivity index (χ1) is 14.5. The van der Waals surface area contributed by atoms with E-state index < -0.39 is 0 Å². The van der Waals surface area contributed by atoms with Crippen molar-refractivity contribution >= 4 is 5.91 Å². The second kappa shape index (κ2) is 10.5. The molecule has 1 saturated heterocycles. The molecule has 6 heteroatoms. The molecular weight excluding hydrogens is 376 g/mol. The first-order valence-electron chi connectivity index (χ1n) is 10.9. The Balaban J connectivity index is 1.45. The lowest BCUT2D eigenvalue weighted by molar-refractivity contribution is -0.133. The van der Waals surface area contributed by atoms with Crippen LogP contribution in [0.4, 0.5) is 0 Å². The van der Waals surface area contributed by atoms with Crippen LogP contribution in [0.2, 0.25) is 0 Å². The van der Waals surface area contributed by atoms with Crippen LogP contribution >= 0.6 is 0 Å². The maximum atomic E-state index is 12.6. The molecule has 3 rings (SSSR count). The van der Waals surface area contributed by atoms with Gasteiger partial charge in [-0.15, -0.1) is 0 Å². The van der Waals surface area contributed by atoms with Crippen LogP contribution in [-0.2, 0) is 17.8 Å². The normalized spacial score (nSPS) is 15.2. The van der Waals surface area contributed by atoms with Crippen molar-refractivity contribution < 1.29 is 9.53 Å². The minimum absolute atomic E-state index is 0.241. The van der Waals surface area contributed by atoms with Crippen molar-refractivity contribution in [3.63, 3.8) is 0 Å². The smallest absolute Gasteiger partial charge is 0.222 e. The number of rotatable bonds is 8. The third kappa shape index (κ3) is 5.57. The van der Waals surface area contributed by atoms with Gasteiger partial charge in [0.25, 0.3) is 0 Å². The van der Waals surface area contributed by atoms with Crippen LogP contribution < -0.4 is 4.74 Å². The maximum absolute atomic E-state index is 12.6. The van der Waals surface area contributed by atoms with Crippen LogP contribution in [0, 0.1) is 13.8 Å². The third-order valence-corrected chi connectivity index (χ3v) is 6.17. The van der Waals surface area contributed by atoms with Gasteiger partial charge >= 0.3 is 0 Å². The number of aromatic nitrogens is 2. The zero-order valence-electron chi connectivity index (χ0n) is 18.7. The monoisotopic (exact) mass is 410 g/mol. The molecule has 0 unspecified atom stereocenters. The second-order valence-electron chi connectivity index (χ2n) is 8.23. The van der Waals surface area contributed by atoms with Crippen molar-refractivity contribution in [1.82, 2.24) is 19.8 Å². The van der Waals surface area contributed by atoms with E-state index in [1.165, 1.54) is 0 Å². The molecule has 0 spiro atoms. The average molecular weight is 411 g/mol. The molecule has 0 radical (unpaired) electrons. The summed E-state index contributed by atoms with van der Waals surface area (Å²) in [6.07, 6.45) is 7.99. The molecule has 1 aliphatic rings. The van der Waals surface area contributed by atoms with Gasteiger partial charge in [0.2, 0.25) is 5.91 Å². The highest BCUT2D eigenvalue weighted by atomic mass is 16.5. The summed E-state index contributed by atoms with van der Waals surface area (Å²) in [5.74, 6) is 1.18.